The molecule has 0 N–H and O–H groups in total. The summed E-state index contributed by atoms with van der Waals surface area (Å²) in [5, 5.41) is 0.513. The molecule has 0 aromatic carbocycles. The van der Waals surface area contributed by atoms with Gasteiger partial charge in [-0.05, 0) is 25.7 Å². The van der Waals surface area contributed by atoms with Crippen LogP contribution < -0.4 is 0 Å². The molecule has 4 unspecified atom stereocenters. The van der Waals surface area contributed by atoms with Crippen LogP contribution in [0.1, 0.15) is 65.7 Å². The molecule has 34 heavy (non-hydrogen) atoms. The Hall–Kier alpha value is 0.250. The predicted octanol–water partition coefficient (Wildman–Crippen LogP) is 6.82. The molecule has 1 heterocycles. The molecule has 0 amide bonds. The molecule has 2 aliphatic carbocycles. The Morgan fingerprint density at radius 3 is 1.59 bits per heavy atom. The van der Waals surface area contributed by atoms with E-state index < -0.39 is 7.26 Å². The van der Waals surface area contributed by atoms with Gasteiger partial charge in [0, 0.05) is 29.6 Å². The number of thioether (sulfide) groups is 2. The zero-order valence-corrected chi connectivity index (χ0v) is 25.4. The molecule has 3 aliphatic rings. The number of methoxy groups -OCH3 is 2. The topological polar surface area (TPSA) is 52.6 Å². The van der Waals surface area contributed by atoms with E-state index in [4.69, 9.17) is 34.3 Å². The molecule has 3 rings (SSSR count). The zero-order chi connectivity index (χ0) is 25.1. The molecule has 4 atom stereocenters. The minimum absolute atomic E-state index is 0.0176. The van der Waals surface area contributed by atoms with E-state index in [1.807, 2.05) is 23.5 Å². The lowest BCUT2D eigenvalue weighted by atomic mass is 9.91. The number of carbonyl (C=O) groups excluding carboxylic acids is 2. The van der Waals surface area contributed by atoms with Crippen molar-refractivity contribution in [2.24, 2.45) is 11.8 Å². The van der Waals surface area contributed by atoms with E-state index in [1.165, 1.54) is 71.2 Å². The first-order valence-corrected chi connectivity index (χ1v) is 17.6. The van der Waals surface area contributed by atoms with Crippen molar-refractivity contribution in [3.8, 4) is 0 Å². The second kappa shape index (κ2) is 12.2. The molecule has 0 spiro atoms. The van der Waals surface area contributed by atoms with E-state index in [9.17, 15) is 9.59 Å². The molecular formula is C25H40O4PS4+. The molecule has 0 aromatic rings. The van der Waals surface area contributed by atoms with Crippen molar-refractivity contribution < 1.29 is 19.1 Å². The van der Waals surface area contributed by atoms with Crippen LogP contribution in [-0.4, -0.2) is 63.2 Å². The van der Waals surface area contributed by atoms with Crippen LogP contribution in [0.3, 0.4) is 0 Å². The fourth-order valence-electron chi connectivity index (χ4n) is 6.09. The fourth-order valence-corrected chi connectivity index (χ4v) is 20.4. The Kier molecular flexibility index (Phi) is 10.3. The summed E-state index contributed by atoms with van der Waals surface area (Å²) in [4.78, 5) is 25.6. The normalized spacial score (nSPS) is 29.9. The van der Waals surface area contributed by atoms with Gasteiger partial charge in [0.2, 0.25) is 3.82 Å². The van der Waals surface area contributed by atoms with Gasteiger partial charge in [0.1, 0.15) is 4.20 Å². The Morgan fingerprint density at radius 2 is 1.29 bits per heavy atom. The van der Waals surface area contributed by atoms with Gasteiger partial charge in [-0.15, -0.1) is 12.6 Å². The quantitative estimate of drug-likeness (QED) is 0.114. The number of hydrogen-bond donors (Lipinski definition) is 1. The van der Waals surface area contributed by atoms with Crippen LogP contribution in [0.5, 0.6) is 0 Å². The summed E-state index contributed by atoms with van der Waals surface area (Å²) in [6.07, 6.45) is 11.8. The summed E-state index contributed by atoms with van der Waals surface area (Å²) in [5.41, 5.74) is 1.10. The SMILES string of the molecule is CCCC[P+](CCCC)(CCCC)C1(C(=S)S)SC2C3CC(C(C(=O)OC)=C3C(=O)OC)C2S1. The zero-order valence-electron chi connectivity index (χ0n) is 21.1. The molecule has 2 bridgehead atoms. The molecule has 4 nitrogen and oxygen atoms in total. The van der Waals surface area contributed by atoms with E-state index in [2.05, 4.69) is 20.8 Å². The standard InChI is InChI=1S/C25H39O4PS4/c1-6-9-12-30(13-10-7-2,14-11-8-3)25(24(31)32)33-20-16-15-17(21(20)34-25)19(23(27)29-5)18(16)22(26)28-4/h16-17,20-21H,6-15H2,1-5H3/p+1. The lowest BCUT2D eigenvalue weighted by molar-refractivity contribution is -0.139. The Labute approximate surface area is 225 Å². The Morgan fingerprint density at radius 1 is 0.912 bits per heavy atom. The number of carbonyl (C=O) groups is 2. The number of unbranched alkanes of at least 4 members (excludes halogenated alkanes) is 3. The molecule has 9 heteroatoms. The van der Waals surface area contributed by atoms with Crippen molar-refractivity contribution in [3.63, 3.8) is 0 Å². The number of ether oxygens (including phenoxy) is 2. The second-order valence-corrected chi connectivity index (χ2v) is 18.8. The number of esters is 2. The van der Waals surface area contributed by atoms with Gasteiger partial charge in [-0.1, -0.05) is 75.8 Å². The minimum atomic E-state index is -1.50. The highest BCUT2D eigenvalue weighted by atomic mass is 32.2. The third kappa shape index (κ3) is 4.89. The van der Waals surface area contributed by atoms with Crippen molar-refractivity contribution in [1.82, 2.24) is 0 Å². The van der Waals surface area contributed by atoms with Crippen molar-refractivity contribution >= 4 is 71.8 Å². The van der Waals surface area contributed by atoms with Crippen LogP contribution in [0, 0.1) is 11.8 Å². The van der Waals surface area contributed by atoms with E-state index in [0.29, 0.717) is 11.1 Å². The second-order valence-electron chi connectivity index (χ2n) is 9.69. The summed E-state index contributed by atoms with van der Waals surface area (Å²) >= 11 is 15.0. The first kappa shape index (κ1) is 28.8. The van der Waals surface area contributed by atoms with E-state index in [1.54, 1.807) is 0 Å². The first-order chi connectivity index (χ1) is 16.3. The molecule has 0 aromatic heterocycles. The van der Waals surface area contributed by atoms with Gasteiger partial charge in [-0.2, -0.15) is 0 Å². The van der Waals surface area contributed by atoms with Crippen LogP contribution in [0.2, 0.25) is 0 Å². The van der Waals surface area contributed by atoms with Gasteiger partial charge in [0.25, 0.3) is 0 Å². The Balaban J connectivity index is 2.06. The van der Waals surface area contributed by atoms with Crippen molar-refractivity contribution in [2.45, 2.75) is 80.0 Å². The van der Waals surface area contributed by atoms with Crippen LogP contribution in [0.25, 0.3) is 0 Å². The van der Waals surface area contributed by atoms with E-state index >= 15 is 0 Å². The summed E-state index contributed by atoms with van der Waals surface area (Å²) in [6.45, 7) is 6.83. The van der Waals surface area contributed by atoms with Crippen molar-refractivity contribution in [3.05, 3.63) is 11.1 Å². The largest absolute Gasteiger partial charge is 0.466 e. The van der Waals surface area contributed by atoms with Crippen LogP contribution in [0.4, 0.5) is 0 Å². The minimum Gasteiger partial charge on any atom is -0.466 e. The molecular weight excluding hydrogens is 524 g/mol. The maximum absolute atomic E-state index is 12.8. The van der Waals surface area contributed by atoms with Gasteiger partial charge in [-0.25, -0.2) is 9.59 Å². The van der Waals surface area contributed by atoms with Crippen LogP contribution in [-0.2, 0) is 19.1 Å². The maximum atomic E-state index is 12.8. The molecule has 1 aliphatic heterocycles. The maximum Gasteiger partial charge on any atom is 0.334 e. The highest BCUT2D eigenvalue weighted by molar-refractivity contribution is 8.36. The predicted molar refractivity (Wildman–Crippen MR) is 156 cm³/mol. The van der Waals surface area contributed by atoms with Gasteiger partial charge >= 0.3 is 11.9 Å². The summed E-state index contributed by atoms with van der Waals surface area (Å²) in [6, 6.07) is 0. The number of thiocarbonyl (C=S) groups is 1. The van der Waals surface area contributed by atoms with Gasteiger partial charge in [0.15, 0.2) is 0 Å². The van der Waals surface area contributed by atoms with Crippen molar-refractivity contribution in [1.29, 1.82) is 0 Å². The van der Waals surface area contributed by atoms with E-state index in [-0.39, 0.29) is 38.1 Å². The monoisotopic (exact) mass is 563 g/mol. The number of rotatable bonds is 13. The lowest BCUT2D eigenvalue weighted by Crippen LogP contribution is -2.35. The third-order valence-electron chi connectivity index (χ3n) is 7.77. The van der Waals surface area contributed by atoms with Crippen molar-refractivity contribution in [2.75, 3.05) is 32.7 Å². The highest BCUT2D eigenvalue weighted by Crippen LogP contribution is 2.84. The highest BCUT2D eigenvalue weighted by Gasteiger charge is 2.71. The summed E-state index contributed by atoms with van der Waals surface area (Å²) in [5.74, 6) is -0.730. The van der Waals surface area contributed by atoms with Crippen LogP contribution >= 0.6 is 55.6 Å². The third-order valence-corrected chi connectivity index (χ3v) is 20.8. The molecule has 1 saturated heterocycles. The lowest BCUT2D eigenvalue weighted by Gasteiger charge is -2.42. The van der Waals surface area contributed by atoms with Gasteiger partial charge in [-0.3, -0.25) is 0 Å². The Bertz CT molecular complexity index is 768. The average Bonchev–Trinajstić information content (AvgIpc) is 3.52. The number of thiol groups is 1. The van der Waals surface area contributed by atoms with Crippen LogP contribution in [0.15, 0.2) is 11.1 Å². The number of fused-ring (bicyclic) bond motifs is 5. The molecule has 1 saturated carbocycles. The fraction of sp³-hybridized carbons (Fsp3) is 0.800. The average molecular weight is 564 g/mol. The summed E-state index contributed by atoms with van der Waals surface area (Å²) < 4.78 is 10.9. The molecule has 2 fully saturated rings. The van der Waals surface area contributed by atoms with E-state index in [0.717, 1.165) is 10.6 Å². The molecule has 0 radical (unpaired) electrons. The number of hydrogen-bond acceptors (Lipinski definition) is 7. The summed E-state index contributed by atoms with van der Waals surface area (Å²) in [7, 11) is 1.29. The smallest absolute Gasteiger partial charge is 0.334 e. The van der Waals surface area contributed by atoms with Gasteiger partial charge in [0.05, 0.1) is 43.9 Å². The molecule has 192 valence electrons. The van der Waals surface area contributed by atoms with Gasteiger partial charge < -0.3 is 9.47 Å². The first-order valence-electron chi connectivity index (χ1n) is 12.6.